The SMILES string of the molecule is CN(c1ccc(C(=O)O)cc1)C(C(=O)Nc1ccc([C@H]2Cc3ccccc3O2)cc1)c1ccc(C(C)(C)C)cc1. The van der Waals surface area contributed by atoms with Crippen molar-refractivity contribution in [2.24, 2.45) is 0 Å². The topological polar surface area (TPSA) is 78.9 Å². The minimum atomic E-state index is -0.989. The van der Waals surface area contributed by atoms with Crippen molar-refractivity contribution in [3.05, 3.63) is 125 Å². The third kappa shape index (κ3) is 5.71. The number of carbonyl (C=O) groups is 2. The van der Waals surface area contributed by atoms with Crippen LogP contribution in [0, 0.1) is 0 Å². The van der Waals surface area contributed by atoms with Gasteiger partial charge in [0.25, 0.3) is 5.91 Å². The first-order chi connectivity index (χ1) is 19.1. The highest BCUT2D eigenvalue weighted by molar-refractivity contribution is 5.97. The van der Waals surface area contributed by atoms with Gasteiger partial charge in [-0.3, -0.25) is 4.79 Å². The number of hydrogen-bond acceptors (Lipinski definition) is 4. The summed E-state index contributed by atoms with van der Waals surface area (Å²) in [6, 6.07) is 29.9. The summed E-state index contributed by atoms with van der Waals surface area (Å²) >= 11 is 0. The van der Waals surface area contributed by atoms with Gasteiger partial charge in [-0.2, -0.15) is 0 Å². The summed E-state index contributed by atoms with van der Waals surface area (Å²) in [6.45, 7) is 6.46. The van der Waals surface area contributed by atoms with Gasteiger partial charge in [0.2, 0.25) is 0 Å². The Morgan fingerprint density at radius 1 is 0.900 bits per heavy atom. The van der Waals surface area contributed by atoms with E-state index in [-0.39, 0.29) is 23.0 Å². The number of carboxylic acid groups (broad SMARTS) is 1. The lowest BCUT2D eigenvalue weighted by molar-refractivity contribution is -0.117. The summed E-state index contributed by atoms with van der Waals surface area (Å²) in [7, 11) is 1.84. The van der Waals surface area contributed by atoms with Gasteiger partial charge < -0.3 is 20.1 Å². The number of aromatic carboxylic acids is 1. The average molecular weight is 535 g/mol. The Balaban J connectivity index is 1.38. The summed E-state index contributed by atoms with van der Waals surface area (Å²) in [5, 5.41) is 12.4. The molecule has 2 N–H and O–H groups in total. The van der Waals surface area contributed by atoms with E-state index in [0.717, 1.165) is 29.0 Å². The smallest absolute Gasteiger partial charge is 0.335 e. The van der Waals surface area contributed by atoms with Gasteiger partial charge in [0, 0.05) is 24.8 Å². The first kappa shape index (κ1) is 27.0. The summed E-state index contributed by atoms with van der Waals surface area (Å²) in [5.41, 5.74) is 5.88. The number of benzene rings is 4. The predicted molar refractivity (Wildman–Crippen MR) is 158 cm³/mol. The number of para-hydroxylation sites is 1. The number of nitrogens with zero attached hydrogens (tertiary/aromatic N) is 1. The van der Waals surface area contributed by atoms with Crippen LogP contribution >= 0.6 is 0 Å². The molecule has 1 amide bonds. The molecule has 5 rings (SSSR count). The van der Waals surface area contributed by atoms with Crippen LogP contribution in [0.1, 0.15) is 65.5 Å². The quantitative estimate of drug-likeness (QED) is 0.263. The Labute approximate surface area is 235 Å². The number of amides is 1. The van der Waals surface area contributed by atoms with Crippen LogP contribution in [0.3, 0.4) is 0 Å². The number of carbonyl (C=O) groups excluding carboxylic acids is 1. The molecule has 0 fully saturated rings. The molecule has 204 valence electrons. The molecule has 6 nitrogen and oxygen atoms in total. The van der Waals surface area contributed by atoms with Crippen molar-refractivity contribution in [2.75, 3.05) is 17.3 Å². The van der Waals surface area contributed by atoms with E-state index < -0.39 is 12.0 Å². The second-order valence-electron chi connectivity index (χ2n) is 11.3. The molecule has 0 saturated heterocycles. The van der Waals surface area contributed by atoms with Gasteiger partial charge in [0.05, 0.1) is 5.56 Å². The van der Waals surface area contributed by atoms with Crippen molar-refractivity contribution in [3.8, 4) is 5.75 Å². The van der Waals surface area contributed by atoms with Gasteiger partial charge >= 0.3 is 5.97 Å². The first-order valence-electron chi connectivity index (χ1n) is 13.4. The zero-order valence-electron chi connectivity index (χ0n) is 23.2. The van der Waals surface area contributed by atoms with Gasteiger partial charge in [0.15, 0.2) is 0 Å². The molecule has 6 heteroatoms. The van der Waals surface area contributed by atoms with Crippen LogP contribution in [0.4, 0.5) is 11.4 Å². The van der Waals surface area contributed by atoms with E-state index in [0.29, 0.717) is 5.69 Å². The maximum atomic E-state index is 13.8. The molecule has 0 spiro atoms. The molecule has 0 aliphatic carbocycles. The van der Waals surface area contributed by atoms with Gasteiger partial charge in [-0.25, -0.2) is 4.79 Å². The molecule has 1 aliphatic rings. The lowest BCUT2D eigenvalue weighted by Crippen LogP contribution is -2.35. The number of likely N-dealkylation sites (N-methyl/N-ethyl adjacent to an activating group) is 1. The highest BCUT2D eigenvalue weighted by atomic mass is 16.5. The van der Waals surface area contributed by atoms with E-state index in [1.807, 2.05) is 66.5 Å². The zero-order valence-corrected chi connectivity index (χ0v) is 23.2. The lowest BCUT2D eigenvalue weighted by atomic mass is 9.86. The number of hydrogen-bond donors (Lipinski definition) is 2. The van der Waals surface area contributed by atoms with Crippen LogP contribution in [0.25, 0.3) is 0 Å². The summed E-state index contributed by atoms with van der Waals surface area (Å²) in [5.74, 6) is -0.258. The van der Waals surface area contributed by atoms with E-state index in [1.54, 1.807) is 24.3 Å². The number of fused-ring (bicyclic) bond motifs is 1. The molecule has 1 aliphatic heterocycles. The van der Waals surface area contributed by atoms with Crippen LogP contribution < -0.4 is 15.0 Å². The molecule has 1 heterocycles. The van der Waals surface area contributed by atoms with E-state index >= 15 is 0 Å². The van der Waals surface area contributed by atoms with Gasteiger partial charge in [-0.1, -0.05) is 75.4 Å². The molecular weight excluding hydrogens is 500 g/mol. The second-order valence-corrected chi connectivity index (χ2v) is 11.3. The fourth-order valence-electron chi connectivity index (χ4n) is 5.06. The van der Waals surface area contributed by atoms with Gasteiger partial charge in [-0.05, 0) is 70.1 Å². The third-order valence-electron chi connectivity index (χ3n) is 7.45. The van der Waals surface area contributed by atoms with E-state index in [2.05, 4.69) is 44.3 Å². The van der Waals surface area contributed by atoms with Crippen molar-refractivity contribution >= 4 is 23.3 Å². The van der Waals surface area contributed by atoms with Crippen LogP contribution in [0.2, 0.25) is 0 Å². The van der Waals surface area contributed by atoms with Crippen molar-refractivity contribution < 1.29 is 19.4 Å². The number of carboxylic acids is 1. The third-order valence-corrected chi connectivity index (χ3v) is 7.45. The molecule has 0 radical (unpaired) electrons. The molecule has 0 bridgehead atoms. The fourth-order valence-corrected chi connectivity index (χ4v) is 5.06. The molecule has 4 aromatic rings. The number of rotatable bonds is 7. The average Bonchev–Trinajstić information content (AvgIpc) is 3.38. The normalized spacial score (nSPS) is 15.1. The Morgan fingerprint density at radius 3 is 2.15 bits per heavy atom. The van der Waals surface area contributed by atoms with Gasteiger partial charge in [0.1, 0.15) is 17.9 Å². The number of ether oxygens (including phenoxy) is 1. The number of nitrogens with one attached hydrogen (secondary N) is 1. The standard InChI is InChI=1S/C34H34N2O4/c1-34(2,3)26-15-9-23(10-16-26)31(36(4)28-19-13-24(14-20-28)33(38)39)32(37)35-27-17-11-22(12-18-27)30-21-25-7-5-6-8-29(25)40-30/h5-20,30-31H,21H2,1-4H3,(H,35,37)(H,38,39)/t30-,31?/m1/s1. The monoisotopic (exact) mass is 534 g/mol. The van der Waals surface area contributed by atoms with E-state index in [9.17, 15) is 14.7 Å². The van der Waals surface area contributed by atoms with Crippen molar-refractivity contribution in [3.63, 3.8) is 0 Å². The first-order valence-corrected chi connectivity index (χ1v) is 13.4. The highest BCUT2D eigenvalue weighted by Gasteiger charge is 2.28. The van der Waals surface area contributed by atoms with Crippen LogP contribution in [0.15, 0.2) is 97.1 Å². The summed E-state index contributed by atoms with van der Waals surface area (Å²) < 4.78 is 6.12. The van der Waals surface area contributed by atoms with Crippen LogP contribution in [0.5, 0.6) is 5.75 Å². The minimum Gasteiger partial charge on any atom is -0.485 e. The largest absolute Gasteiger partial charge is 0.485 e. The van der Waals surface area contributed by atoms with Gasteiger partial charge in [-0.15, -0.1) is 0 Å². The van der Waals surface area contributed by atoms with Crippen LogP contribution in [-0.4, -0.2) is 24.0 Å². The lowest BCUT2D eigenvalue weighted by Gasteiger charge is -2.30. The number of anilines is 2. The molecule has 4 aromatic carbocycles. The molecule has 0 aromatic heterocycles. The Bertz CT molecular complexity index is 1480. The maximum Gasteiger partial charge on any atom is 0.335 e. The van der Waals surface area contributed by atoms with E-state index in [1.165, 1.54) is 11.1 Å². The Kier molecular flexibility index (Phi) is 7.35. The minimum absolute atomic E-state index is 0.0129. The van der Waals surface area contributed by atoms with E-state index in [4.69, 9.17) is 4.74 Å². The summed E-state index contributed by atoms with van der Waals surface area (Å²) in [6.07, 6.45) is 0.774. The molecule has 0 saturated carbocycles. The Morgan fingerprint density at radius 2 is 1.55 bits per heavy atom. The van der Waals surface area contributed by atoms with Crippen LogP contribution in [-0.2, 0) is 16.6 Å². The zero-order chi connectivity index (χ0) is 28.4. The van der Waals surface area contributed by atoms with Crippen molar-refractivity contribution in [1.29, 1.82) is 0 Å². The highest BCUT2D eigenvalue weighted by Crippen LogP contribution is 2.37. The predicted octanol–water partition coefficient (Wildman–Crippen LogP) is 7.17. The molecule has 40 heavy (non-hydrogen) atoms. The molecule has 1 unspecified atom stereocenters. The fraction of sp³-hybridized carbons (Fsp3) is 0.235. The van der Waals surface area contributed by atoms with Crippen molar-refractivity contribution in [1.82, 2.24) is 0 Å². The van der Waals surface area contributed by atoms with Crippen molar-refractivity contribution in [2.45, 2.75) is 44.8 Å². The molecular formula is C34H34N2O4. The maximum absolute atomic E-state index is 13.8. The molecule has 2 atom stereocenters. The Hall–Kier alpha value is -4.58. The second kappa shape index (κ2) is 10.9. The summed E-state index contributed by atoms with van der Waals surface area (Å²) in [4.78, 5) is 27.0.